The molecule has 1 fully saturated rings. The second kappa shape index (κ2) is 10.6. The number of H-pyrrole nitrogens is 1. The molecule has 2 aromatic heterocycles. The minimum Gasteiger partial charge on any atom is -0.506 e. The molecule has 1 aliphatic rings. The van der Waals surface area contributed by atoms with E-state index in [9.17, 15) is 14.7 Å². The van der Waals surface area contributed by atoms with Gasteiger partial charge >= 0.3 is 0 Å². The Morgan fingerprint density at radius 2 is 1.80 bits per heavy atom. The van der Waals surface area contributed by atoms with Gasteiger partial charge in [0.05, 0.1) is 25.3 Å². The van der Waals surface area contributed by atoms with E-state index in [1.54, 1.807) is 23.1 Å². The second-order valence-corrected chi connectivity index (χ2v) is 8.44. The molecule has 0 aliphatic carbocycles. The van der Waals surface area contributed by atoms with Crippen LogP contribution < -0.4 is 15.0 Å². The van der Waals surface area contributed by atoms with Crippen molar-refractivity contribution in [1.29, 1.82) is 0 Å². The molecule has 1 saturated heterocycles. The first-order chi connectivity index (χ1) is 17.0. The topological polar surface area (TPSA) is 131 Å². The lowest BCUT2D eigenvalue weighted by molar-refractivity contribution is -0.129. The van der Waals surface area contributed by atoms with Crippen molar-refractivity contribution in [3.05, 3.63) is 40.1 Å². The van der Waals surface area contributed by atoms with Crippen LogP contribution in [0.5, 0.6) is 17.2 Å². The smallest absolute Gasteiger partial charge is 0.264 e. The summed E-state index contributed by atoms with van der Waals surface area (Å²) in [6, 6.07) is 5.28. The molecule has 0 atom stereocenters. The third-order valence-electron chi connectivity index (χ3n) is 6.17. The number of pyridine rings is 1. The van der Waals surface area contributed by atoms with E-state index in [1.807, 2.05) is 6.92 Å². The van der Waals surface area contributed by atoms with Gasteiger partial charge in [-0.1, -0.05) is 19.4 Å². The summed E-state index contributed by atoms with van der Waals surface area (Å²) in [7, 11) is 3.05. The predicted octanol–water partition coefficient (Wildman–Crippen LogP) is 3.32. The van der Waals surface area contributed by atoms with Crippen molar-refractivity contribution in [2.75, 3.05) is 27.3 Å². The van der Waals surface area contributed by atoms with Gasteiger partial charge in [-0.3, -0.25) is 9.59 Å². The summed E-state index contributed by atoms with van der Waals surface area (Å²) in [4.78, 5) is 30.2. The van der Waals surface area contributed by atoms with E-state index in [2.05, 4.69) is 15.2 Å². The lowest BCUT2D eigenvalue weighted by atomic mass is 9.96. The Labute approximate surface area is 202 Å². The van der Waals surface area contributed by atoms with E-state index in [1.165, 1.54) is 14.2 Å². The molecule has 4 rings (SSSR count). The van der Waals surface area contributed by atoms with E-state index in [-0.39, 0.29) is 35.4 Å². The minimum atomic E-state index is -0.563. The first-order valence-corrected chi connectivity index (χ1v) is 11.8. The van der Waals surface area contributed by atoms with Crippen LogP contribution in [0.2, 0.25) is 0 Å². The van der Waals surface area contributed by atoms with E-state index in [4.69, 9.17) is 13.9 Å². The second-order valence-electron chi connectivity index (χ2n) is 8.44. The summed E-state index contributed by atoms with van der Waals surface area (Å²) in [5.74, 6) is 0.442. The van der Waals surface area contributed by atoms with Gasteiger partial charge in [-0.05, 0) is 37.8 Å². The van der Waals surface area contributed by atoms with Crippen LogP contribution in [-0.2, 0) is 17.6 Å². The van der Waals surface area contributed by atoms with Gasteiger partial charge in [0.1, 0.15) is 29.2 Å². The van der Waals surface area contributed by atoms with E-state index < -0.39 is 5.56 Å². The number of hydrogen-bond acceptors (Lipinski definition) is 8. The maximum atomic E-state index is 13.1. The number of nitrogens with zero attached hydrogens (tertiary/aromatic N) is 3. The molecule has 10 heteroatoms. The van der Waals surface area contributed by atoms with Crippen LogP contribution in [0.3, 0.4) is 0 Å². The zero-order valence-corrected chi connectivity index (χ0v) is 20.2. The highest BCUT2D eigenvalue weighted by Crippen LogP contribution is 2.46. The number of aromatic nitrogens is 3. The molecule has 1 aliphatic heterocycles. The Hall–Kier alpha value is -3.82. The normalized spacial score (nSPS) is 13.3. The molecule has 10 nitrogen and oxygen atoms in total. The van der Waals surface area contributed by atoms with Gasteiger partial charge in [0, 0.05) is 18.8 Å². The molecule has 3 aromatic rings. The third kappa shape index (κ3) is 4.87. The van der Waals surface area contributed by atoms with Crippen molar-refractivity contribution in [1.82, 2.24) is 20.1 Å². The minimum absolute atomic E-state index is 0.0621. The predicted molar refractivity (Wildman–Crippen MR) is 129 cm³/mol. The van der Waals surface area contributed by atoms with Gasteiger partial charge < -0.3 is 28.9 Å². The molecule has 0 bridgehead atoms. The van der Waals surface area contributed by atoms with Gasteiger partial charge in [-0.15, -0.1) is 10.2 Å². The molecule has 0 radical (unpaired) electrons. The standard InChI is InChI=1S/C25H30N4O6/c1-4-5-9-15-20(21-16(33-2)10-8-11-17(21)34-3)23(31)22(24(32)26-15)25-28-27-18(35-25)14-19(30)29-12-6-7-13-29/h8,10-11H,4-7,9,12-14H2,1-3H3,(H2,26,31,32). The quantitative estimate of drug-likeness (QED) is 0.475. The molecule has 0 unspecified atom stereocenters. The number of aromatic hydroxyl groups is 1. The van der Waals surface area contributed by atoms with Crippen LogP contribution in [0.25, 0.3) is 22.6 Å². The van der Waals surface area contributed by atoms with E-state index in [0.717, 1.165) is 25.7 Å². The number of rotatable bonds is 9. The Balaban J connectivity index is 1.81. The lowest BCUT2D eigenvalue weighted by Crippen LogP contribution is -2.29. The number of likely N-dealkylation sites (tertiary alicyclic amines) is 1. The van der Waals surface area contributed by atoms with E-state index >= 15 is 0 Å². The molecule has 0 saturated carbocycles. The number of methoxy groups -OCH3 is 2. The first-order valence-electron chi connectivity index (χ1n) is 11.8. The highest BCUT2D eigenvalue weighted by atomic mass is 16.5. The Morgan fingerprint density at radius 3 is 2.43 bits per heavy atom. The monoisotopic (exact) mass is 482 g/mol. The van der Waals surface area contributed by atoms with Crippen molar-refractivity contribution >= 4 is 5.91 Å². The third-order valence-corrected chi connectivity index (χ3v) is 6.17. The van der Waals surface area contributed by atoms with E-state index in [0.29, 0.717) is 47.8 Å². The molecule has 3 heterocycles. The zero-order chi connectivity index (χ0) is 24.9. The number of nitrogens with one attached hydrogen (secondary N) is 1. The largest absolute Gasteiger partial charge is 0.506 e. The summed E-state index contributed by atoms with van der Waals surface area (Å²) in [5, 5.41) is 19.3. The molecular weight excluding hydrogens is 452 g/mol. The summed E-state index contributed by atoms with van der Waals surface area (Å²) in [5.41, 5.74) is 0.690. The van der Waals surface area contributed by atoms with Crippen LogP contribution in [0.15, 0.2) is 27.4 Å². The molecular formula is C25H30N4O6. The van der Waals surface area contributed by atoms with Gasteiger partial charge in [0.2, 0.25) is 11.8 Å². The van der Waals surface area contributed by atoms with Crippen molar-refractivity contribution in [2.45, 2.75) is 45.4 Å². The van der Waals surface area contributed by atoms with Gasteiger partial charge in [-0.2, -0.15) is 0 Å². The van der Waals surface area contributed by atoms with Crippen LogP contribution in [0.4, 0.5) is 0 Å². The van der Waals surface area contributed by atoms with Crippen LogP contribution in [0.1, 0.15) is 44.2 Å². The number of ether oxygens (including phenoxy) is 2. The maximum Gasteiger partial charge on any atom is 0.264 e. The number of aromatic amines is 1. The molecule has 186 valence electrons. The van der Waals surface area contributed by atoms with Gasteiger partial charge in [0.15, 0.2) is 0 Å². The van der Waals surface area contributed by atoms with Gasteiger partial charge in [-0.25, -0.2) is 0 Å². The maximum absolute atomic E-state index is 13.1. The summed E-state index contributed by atoms with van der Waals surface area (Å²) >= 11 is 0. The number of carbonyl (C=O) groups excluding carboxylic acids is 1. The van der Waals surface area contributed by atoms with Crippen LogP contribution in [0, 0.1) is 0 Å². The number of carbonyl (C=O) groups is 1. The average Bonchev–Trinajstić information content (AvgIpc) is 3.55. The Kier molecular flexibility index (Phi) is 7.38. The fourth-order valence-corrected chi connectivity index (χ4v) is 4.38. The molecule has 35 heavy (non-hydrogen) atoms. The molecule has 0 spiro atoms. The van der Waals surface area contributed by atoms with Crippen molar-refractivity contribution < 1.29 is 23.8 Å². The summed E-state index contributed by atoms with van der Waals surface area (Å²) in [6.45, 7) is 3.46. The average molecular weight is 483 g/mol. The van der Waals surface area contributed by atoms with Gasteiger partial charge in [0.25, 0.3) is 11.4 Å². The molecule has 2 N–H and O–H groups in total. The Bertz CT molecular complexity index is 1240. The number of hydrogen-bond donors (Lipinski definition) is 2. The zero-order valence-electron chi connectivity index (χ0n) is 20.2. The van der Waals surface area contributed by atoms with Crippen LogP contribution >= 0.6 is 0 Å². The number of aryl methyl sites for hydroxylation is 1. The van der Waals surface area contributed by atoms with Crippen molar-refractivity contribution in [3.8, 4) is 39.8 Å². The lowest BCUT2D eigenvalue weighted by Gasteiger charge is -2.18. The van der Waals surface area contributed by atoms with Crippen LogP contribution in [-0.4, -0.2) is 58.4 Å². The van der Waals surface area contributed by atoms with Crippen molar-refractivity contribution in [2.24, 2.45) is 0 Å². The number of unbranched alkanes of at least 4 members (excludes halogenated alkanes) is 1. The van der Waals surface area contributed by atoms with Crippen molar-refractivity contribution in [3.63, 3.8) is 0 Å². The Morgan fingerprint density at radius 1 is 1.11 bits per heavy atom. The number of amides is 1. The fourth-order valence-electron chi connectivity index (χ4n) is 4.38. The molecule has 1 amide bonds. The number of benzene rings is 1. The summed E-state index contributed by atoms with van der Waals surface area (Å²) in [6.07, 6.45) is 4.10. The highest BCUT2D eigenvalue weighted by molar-refractivity contribution is 5.87. The highest BCUT2D eigenvalue weighted by Gasteiger charge is 2.28. The first kappa shape index (κ1) is 24.3. The fraction of sp³-hybridized carbons (Fsp3) is 0.440. The summed E-state index contributed by atoms with van der Waals surface area (Å²) < 4.78 is 16.8. The SMILES string of the molecule is CCCCc1[nH]c(=O)c(-c2nnc(CC(=O)N3CCCC3)o2)c(O)c1-c1c(OC)cccc1OC. The molecule has 1 aromatic carbocycles.